The summed E-state index contributed by atoms with van der Waals surface area (Å²) in [7, 11) is 0. The Kier molecular flexibility index (Phi) is 11.4. The molecule has 0 aliphatic carbocycles. The van der Waals surface area contributed by atoms with Crippen molar-refractivity contribution < 1.29 is 19.1 Å². The van der Waals surface area contributed by atoms with Crippen molar-refractivity contribution in [2.75, 3.05) is 17.2 Å². The molecule has 1 atom stereocenters. The van der Waals surface area contributed by atoms with E-state index in [4.69, 9.17) is 4.74 Å². The number of ether oxygens (including phenoxy) is 1. The predicted molar refractivity (Wildman–Crippen MR) is 206 cm³/mol. The Hall–Kier alpha value is -5.23. The molecule has 0 aliphatic heterocycles. The van der Waals surface area contributed by atoms with E-state index in [9.17, 15) is 14.4 Å². The molecule has 0 spiro atoms. The van der Waals surface area contributed by atoms with E-state index < -0.39 is 17.1 Å². The highest BCUT2D eigenvalue weighted by atomic mass is 79.9. The van der Waals surface area contributed by atoms with Crippen molar-refractivity contribution >= 4 is 83.9 Å². The van der Waals surface area contributed by atoms with Crippen molar-refractivity contribution in [1.29, 1.82) is 0 Å². The molecule has 0 aliphatic rings. The van der Waals surface area contributed by atoms with Gasteiger partial charge in [-0.2, -0.15) is 0 Å². The van der Waals surface area contributed by atoms with Gasteiger partial charge in [-0.25, -0.2) is 4.98 Å². The summed E-state index contributed by atoms with van der Waals surface area (Å²) in [6, 6.07) is 38.5. The van der Waals surface area contributed by atoms with Gasteiger partial charge in [0.1, 0.15) is 16.7 Å². The maximum atomic E-state index is 13.8. The first-order chi connectivity index (χ1) is 24.3. The number of hydrogen-bond donors (Lipinski definition) is 3. The van der Waals surface area contributed by atoms with Crippen LogP contribution in [0.4, 0.5) is 10.8 Å². The number of thioether (sulfide) groups is 1. The third-order valence-corrected chi connectivity index (χ3v) is 9.95. The van der Waals surface area contributed by atoms with E-state index in [1.807, 2.05) is 97.9 Å². The molecule has 50 heavy (non-hydrogen) atoms. The van der Waals surface area contributed by atoms with Gasteiger partial charge in [0.05, 0.1) is 16.8 Å². The number of halogens is 1. The molecule has 6 rings (SSSR count). The van der Waals surface area contributed by atoms with Gasteiger partial charge >= 0.3 is 0 Å². The monoisotopic (exact) mass is 762 g/mol. The van der Waals surface area contributed by atoms with Crippen LogP contribution in [0.15, 0.2) is 142 Å². The SMILES string of the molecule is CCOc1ccc2nc(NC(=O)C(Sc3cccc(NC(=O)/C(=C\c4cccc(Br)c4)NC(=O)c4ccccc4)c3)c3ccccc3)sc2c1. The van der Waals surface area contributed by atoms with Crippen LogP contribution in [0.5, 0.6) is 5.75 Å². The number of carbonyl (C=O) groups is 3. The average molecular weight is 764 g/mol. The maximum Gasteiger partial charge on any atom is 0.272 e. The van der Waals surface area contributed by atoms with Gasteiger partial charge < -0.3 is 20.7 Å². The molecule has 0 saturated carbocycles. The zero-order chi connectivity index (χ0) is 34.9. The van der Waals surface area contributed by atoms with E-state index in [2.05, 4.69) is 36.9 Å². The van der Waals surface area contributed by atoms with Crippen molar-refractivity contribution in [3.63, 3.8) is 0 Å². The van der Waals surface area contributed by atoms with Crippen LogP contribution >= 0.6 is 39.0 Å². The van der Waals surface area contributed by atoms with Crippen molar-refractivity contribution in [2.45, 2.75) is 17.1 Å². The number of rotatable bonds is 12. The molecule has 8 nitrogen and oxygen atoms in total. The summed E-state index contributed by atoms with van der Waals surface area (Å²) in [6.45, 7) is 2.49. The Bertz CT molecular complexity index is 2170. The lowest BCUT2D eigenvalue weighted by Crippen LogP contribution is -2.30. The number of carbonyl (C=O) groups excluding carboxylic acids is 3. The zero-order valence-electron chi connectivity index (χ0n) is 26.8. The van der Waals surface area contributed by atoms with Gasteiger partial charge in [-0.1, -0.05) is 94.0 Å². The summed E-state index contributed by atoms with van der Waals surface area (Å²) in [4.78, 5) is 45.9. The number of nitrogens with zero attached hydrogens (tertiary/aromatic N) is 1. The second kappa shape index (κ2) is 16.4. The lowest BCUT2D eigenvalue weighted by atomic mass is 10.1. The molecule has 6 aromatic rings. The Morgan fingerprint density at radius 3 is 2.38 bits per heavy atom. The summed E-state index contributed by atoms with van der Waals surface area (Å²) in [5.41, 5.74) is 3.30. The first-order valence-corrected chi connectivity index (χ1v) is 18.1. The zero-order valence-corrected chi connectivity index (χ0v) is 30.0. The van der Waals surface area contributed by atoms with Crippen LogP contribution in [-0.2, 0) is 9.59 Å². The van der Waals surface area contributed by atoms with Crippen LogP contribution in [0, 0.1) is 0 Å². The fourth-order valence-corrected chi connectivity index (χ4v) is 7.37. The summed E-state index contributed by atoms with van der Waals surface area (Å²) < 4.78 is 7.36. The molecule has 1 aromatic heterocycles. The second-order valence-electron chi connectivity index (χ2n) is 10.9. The summed E-state index contributed by atoms with van der Waals surface area (Å²) in [6.07, 6.45) is 1.62. The topological polar surface area (TPSA) is 109 Å². The summed E-state index contributed by atoms with van der Waals surface area (Å²) >= 11 is 6.20. The van der Waals surface area contributed by atoms with Crippen LogP contribution in [0.1, 0.15) is 33.7 Å². The van der Waals surface area contributed by atoms with E-state index in [1.165, 1.54) is 23.1 Å². The number of fused-ring (bicyclic) bond motifs is 1. The average Bonchev–Trinajstić information content (AvgIpc) is 3.53. The third kappa shape index (κ3) is 9.06. The van der Waals surface area contributed by atoms with E-state index in [-0.39, 0.29) is 11.6 Å². The summed E-state index contributed by atoms with van der Waals surface area (Å²) in [5.74, 6) is -0.397. The van der Waals surface area contributed by atoms with Gasteiger partial charge in [0.2, 0.25) is 5.91 Å². The van der Waals surface area contributed by atoms with Gasteiger partial charge in [0, 0.05) is 20.6 Å². The largest absolute Gasteiger partial charge is 0.494 e. The minimum Gasteiger partial charge on any atom is -0.494 e. The molecular weight excluding hydrogens is 732 g/mol. The molecule has 1 heterocycles. The molecule has 0 fully saturated rings. The molecule has 3 amide bonds. The number of aromatic nitrogens is 1. The normalized spacial score (nSPS) is 11.8. The molecular formula is C39H31BrN4O4S2. The van der Waals surface area contributed by atoms with Crippen LogP contribution in [0.3, 0.4) is 0 Å². The van der Waals surface area contributed by atoms with Crippen LogP contribution in [0.2, 0.25) is 0 Å². The molecule has 0 saturated heterocycles. The van der Waals surface area contributed by atoms with Gasteiger partial charge in [0.15, 0.2) is 5.13 Å². The van der Waals surface area contributed by atoms with Gasteiger partial charge in [-0.05, 0) is 84.8 Å². The van der Waals surface area contributed by atoms with Gasteiger partial charge in [-0.15, -0.1) is 11.8 Å². The smallest absolute Gasteiger partial charge is 0.272 e. The van der Waals surface area contributed by atoms with Gasteiger partial charge in [0.25, 0.3) is 11.8 Å². The lowest BCUT2D eigenvalue weighted by molar-refractivity contribution is -0.116. The van der Waals surface area contributed by atoms with E-state index in [0.29, 0.717) is 23.0 Å². The Morgan fingerprint density at radius 1 is 0.860 bits per heavy atom. The molecule has 0 bridgehead atoms. The van der Waals surface area contributed by atoms with Crippen LogP contribution in [-0.4, -0.2) is 29.3 Å². The highest BCUT2D eigenvalue weighted by molar-refractivity contribution is 9.10. The minimum atomic E-state index is -0.620. The van der Waals surface area contributed by atoms with E-state index in [0.717, 1.165) is 36.5 Å². The maximum absolute atomic E-state index is 13.8. The van der Waals surface area contributed by atoms with E-state index >= 15 is 0 Å². The Labute approximate surface area is 306 Å². The highest BCUT2D eigenvalue weighted by Gasteiger charge is 2.24. The van der Waals surface area contributed by atoms with Crippen LogP contribution in [0.25, 0.3) is 16.3 Å². The van der Waals surface area contributed by atoms with Crippen LogP contribution < -0.4 is 20.7 Å². The minimum absolute atomic E-state index is 0.0701. The molecule has 3 N–H and O–H groups in total. The fraction of sp³-hybridized carbons (Fsp3) is 0.0769. The second-order valence-corrected chi connectivity index (χ2v) is 14.0. The number of nitrogens with one attached hydrogen (secondary N) is 3. The molecule has 0 radical (unpaired) electrons. The molecule has 11 heteroatoms. The van der Waals surface area contributed by atoms with Crippen molar-refractivity contribution in [3.05, 3.63) is 154 Å². The number of hydrogen-bond acceptors (Lipinski definition) is 7. The van der Waals surface area contributed by atoms with E-state index in [1.54, 1.807) is 42.5 Å². The van der Waals surface area contributed by atoms with Crippen molar-refractivity contribution in [1.82, 2.24) is 10.3 Å². The molecule has 5 aromatic carbocycles. The highest BCUT2D eigenvalue weighted by Crippen LogP contribution is 2.38. The first kappa shape index (κ1) is 34.6. The van der Waals surface area contributed by atoms with Crippen molar-refractivity contribution in [2.24, 2.45) is 0 Å². The third-order valence-electron chi connectivity index (χ3n) is 7.28. The number of anilines is 2. The number of benzene rings is 5. The Morgan fingerprint density at radius 2 is 1.62 bits per heavy atom. The summed E-state index contributed by atoms with van der Waals surface area (Å²) in [5, 5.41) is 8.57. The van der Waals surface area contributed by atoms with Gasteiger partial charge in [-0.3, -0.25) is 14.4 Å². The fourth-order valence-electron chi connectivity index (χ4n) is 4.97. The first-order valence-electron chi connectivity index (χ1n) is 15.7. The number of amides is 3. The molecule has 250 valence electrons. The predicted octanol–water partition coefficient (Wildman–Crippen LogP) is 9.34. The quantitative estimate of drug-likeness (QED) is 0.0847. The standard InChI is InChI=1S/C39H31BrN4O4S2/c1-2-48-30-19-20-32-34(24-30)50-39(43-32)44-38(47)35(26-12-5-3-6-13-26)49-31-18-10-17-29(23-31)41-37(46)33(22-25-11-9-16-28(40)21-25)42-36(45)27-14-7-4-8-15-27/h3-24,35H,2H2,1H3,(H,41,46)(H,42,45)(H,43,44,47)/b33-22+. The lowest BCUT2D eigenvalue weighted by Gasteiger charge is -2.17. The number of thiazole rings is 1. The van der Waals surface area contributed by atoms with Crippen molar-refractivity contribution in [3.8, 4) is 5.75 Å². The molecule has 1 unspecified atom stereocenters. The Balaban J connectivity index is 1.22.